The molecular weight excluding hydrogens is 288 g/mol. The van der Waals surface area contributed by atoms with Crippen LogP contribution in [-0.4, -0.2) is 72.4 Å². The molecule has 2 fully saturated rings. The first-order chi connectivity index (χ1) is 9.87. The summed E-state index contributed by atoms with van der Waals surface area (Å²) < 4.78 is 24.7. The van der Waals surface area contributed by atoms with E-state index in [1.54, 1.807) is 6.20 Å². The van der Waals surface area contributed by atoms with E-state index in [-0.39, 0.29) is 17.2 Å². The van der Waals surface area contributed by atoms with Crippen LogP contribution in [-0.2, 0) is 16.4 Å². The molecule has 116 valence electrons. The molecule has 2 aliphatic rings. The third kappa shape index (κ3) is 2.82. The third-order valence-electron chi connectivity index (χ3n) is 4.63. The van der Waals surface area contributed by atoms with E-state index >= 15 is 0 Å². The maximum atomic E-state index is 12.3. The van der Waals surface area contributed by atoms with Crippen LogP contribution >= 0.6 is 0 Å². The minimum absolute atomic E-state index is 0.136. The number of fused-ring (bicyclic) bond motifs is 1. The summed E-state index contributed by atoms with van der Waals surface area (Å²) in [5, 5.41) is -0.215. The van der Waals surface area contributed by atoms with E-state index in [0.29, 0.717) is 18.8 Å². The van der Waals surface area contributed by atoms with Crippen LogP contribution in [0.3, 0.4) is 0 Å². The number of hydrogen-bond acceptors (Lipinski definition) is 6. The molecule has 0 aromatic carbocycles. The molecule has 0 N–H and O–H groups in total. The Hall–Kier alpha value is -1.05. The topological polar surface area (TPSA) is 66.4 Å². The summed E-state index contributed by atoms with van der Waals surface area (Å²) in [7, 11) is 0.975. The van der Waals surface area contributed by atoms with Crippen LogP contribution in [0, 0.1) is 12.8 Å². The summed E-state index contributed by atoms with van der Waals surface area (Å²) in [5.74, 6) is 1.27. The Labute approximate surface area is 126 Å². The molecule has 0 bridgehead atoms. The van der Waals surface area contributed by atoms with Gasteiger partial charge in [-0.05, 0) is 27.1 Å². The molecule has 1 aromatic heterocycles. The lowest BCUT2D eigenvalue weighted by molar-refractivity contribution is 0.229. The van der Waals surface area contributed by atoms with E-state index in [0.717, 1.165) is 18.1 Å². The first kappa shape index (κ1) is 14.9. The Morgan fingerprint density at radius 1 is 1.38 bits per heavy atom. The summed E-state index contributed by atoms with van der Waals surface area (Å²) in [5.41, 5.74) is 0.960. The van der Waals surface area contributed by atoms with Crippen molar-refractivity contribution in [3.8, 4) is 0 Å². The van der Waals surface area contributed by atoms with Gasteiger partial charge in [0, 0.05) is 37.8 Å². The lowest BCUT2D eigenvalue weighted by Gasteiger charge is -2.24. The van der Waals surface area contributed by atoms with Gasteiger partial charge in [-0.15, -0.1) is 0 Å². The van der Waals surface area contributed by atoms with Gasteiger partial charge in [0.25, 0.3) is 0 Å². The molecule has 0 radical (unpaired) electrons. The average Bonchev–Trinajstić information content (AvgIpc) is 2.89. The number of sulfone groups is 1. The van der Waals surface area contributed by atoms with E-state index in [4.69, 9.17) is 0 Å². The first-order valence-corrected chi connectivity index (χ1v) is 8.97. The van der Waals surface area contributed by atoms with Crippen LogP contribution in [0.25, 0.3) is 0 Å². The summed E-state index contributed by atoms with van der Waals surface area (Å²) in [6.07, 6.45) is 1.76. The van der Waals surface area contributed by atoms with Crippen molar-refractivity contribution in [1.29, 1.82) is 0 Å². The average molecular weight is 310 g/mol. The number of likely N-dealkylation sites (tertiary alicyclic amines) is 1. The van der Waals surface area contributed by atoms with Crippen molar-refractivity contribution in [2.75, 3.05) is 32.9 Å². The molecule has 7 heteroatoms. The molecule has 0 saturated carbocycles. The van der Waals surface area contributed by atoms with E-state index < -0.39 is 9.84 Å². The van der Waals surface area contributed by atoms with Crippen LogP contribution in [0.5, 0.6) is 0 Å². The Bertz CT molecular complexity index is 632. The number of aryl methyl sites for hydroxylation is 1. The molecule has 0 amide bonds. The van der Waals surface area contributed by atoms with E-state index in [1.165, 1.54) is 0 Å². The summed E-state index contributed by atoms with van der Waals surface area (Å²) in [6, 6.07) is 2.04. The van der Waals surface area contributed by atoms with Crippen molar-refractivity contribution in [3.05, 3.63) is 23.8 Å². The van der Waals surface area contributed by atoms with Gasteiger partial charge in [-0.25, -0.2) is 18.4 Å². The second kappa shape index (κ2) is 5.30. The molecule has 1 aromatic rings. The standard InChI is InChI=1S/C14H22N4O2S/c1-10-15-5-4-11(16-10)6-18-7-12-13(17(2)3)9-21(19,20)14(12)8-18/h4-5,12-14H,6-9H2,1-3H3/t12-,13-,14-/m0/s1. The third-order valence-corrected chi connectivity index (χ3v) is 6.85. The molecule has 21 heavy (non-hydrogen) atoms. The molecular formula is C14H22N4O2S. The van der Waals surface area contributed by atoms with E-state index in [2.05, 4.69) is 19.8 Å². The van der Waals surface area contributed by atoms with E-state index in [1.807, 2.05) is 27.1 Å². The maximum Gasteiger partial charge on any atom is 0.156 e. The highest BCUT2D eigenvalue weighted by molar-refractivity contribution is 7.92. The molecule has 0 spiro atoms. The maximum absolute atomic E-state index is 12.3. The number of nitrogens with zero attached hydrogens (tertiary/aromatic N) is 4. The van der Waals surface area contributed by atoms with Crippen molar-refractivity contribution in [2.45, 2.75) is 24.8 Å². The van der Waals surface area contributed by atoms with Crippen molar-refractivity contribution in [3.63, 3.8) is 0 Å². The Kier molecular flexibility index (Phi) is 3.75. The molecule has 3 atom stereocenters. The minimum Gasteiger partial charge on any atom is -0.305 e. The lowest BCUT2D eigenvalue weighted by Crippen LogP contribution is -2.37. The van der Waals surface area contributed by atoms with Gasteiger partial charge in [-0.1, -0.05) is 0 Å². The molecule has 0 aliphatic carbocycles. The predicted octanol–water partition coefficient (Wildman–Crippen LogP) is -0.0560. The second-order valence-electron chi connectivity index (χ2n) is 6.35. The normalized spacial score (nSPS) is 31.7. The fourth-order valence-corrected chi connectivity index (χ4v) is 6.10. The Morgan fingerprint density at radius 3 is 2.81 bits per heavy atom. The van der Waals surface area contributed by atoms with Crippen LogP contribution in [0.2, 0.25) is 0 Å². The van der Waals surface area contributed by atoms with Crippen LogP contribution in [0.4, 0.5) is 0 Å². The van der Waals surface area contributed by atoms with Gasteiger partial charge in [-0.2, -0.15) is 0 Å². The van der Waals surface area contributed by atoms with Gasteiger partial charge in [-0.3, -0.25) is 4.90 Å². The fourth-order valence-electron chi connectivity index (χ4n) is 3.60. The zero-order valence-electron chi connectivity index (χ0n) is 12.7. The van der Waals surface area contributed by atoms with E-state index in [9.17, 15) is 8.42 Å². The Morgan fingerprint density at radius 2 is 2.14 bits per heavy atom. The number of rotatable bonds is 3. The monoisotopic (exact) mass is 310 g/mol. The fraction of sp³-hybridized carbons (Fsp3) is 0.714. The predicted molar refractivity (Wildman–Crippen MR) is 80.6 cm³/mol. The highest BCUT2D eigenvalue weighted by atomic mass is 32.2. The van der Waals surface area contributed by atoms with Crippen molar-refractivity contribution < 1.29 is 8.42 Å². The molecule has 3 rings (SSSR count). The summed E-state index contributed by atoms with van der Waals surface area (Å²) in [4.78, 5) is 12.8. The van der Waals surface area contributed by atoms with Gasteiger partial charge in [0.2, 0.25) is 0 Å². The van der Waals surface area contributed by atoms with Crippen molar-refractivity contribution >= 4 is 9.84 Å². The van der Waals surface area contributed by atoms with Crippen LogP contribution in [0.1, 0.15) is 11.5 Å². The number of aromatic nitrogens is 2. The Balaban J connectivity index is 1.75. The van der Waals surface area contributed by atoms with Gasteiger partial charge in [0.1, 0.15) is 5.82 Å². The molecule has 2 aliphatic heterocycles. The second-order valence-corrected chi connectivity index (χ2v) is 8.62. The van der Waals surface area contributed by atoms with Crippen LogP contribution < -0.4 is 0 Å². The van der Waals surface area contributed by atoms with Gasteiger partial charge >= 0.3 is 0 Å². The van der Waals surface area contributed by atoms with Gasteiger partial charge in [0.05, 0.1) is 16.7 Å². The zero-order chi connectivity index (χ0) is 15.2. The smallest absolute Gasteiger partial charge is 0.156 e. The van der Waals surface area contributed by atoms with Crippen LogP contribution in [0.15, 0.2) is 12.3 Å². The summed E-state index contributed by atoms with van der Waals surface area (Å²) >= 11 is 0. The zero-order valence-corrected chi connectivity index (χ0v) is 13.5. The quantitative estimate of drug-likeness (QED) is 0.779. The molecule has 2 saturated heterocycles. The van der Waals surface area contributed by atoms with Gasteiger partial charge in [0.15, 0.2) is 9.84 Å². The van der Waals surface area contributed by atoms with Crippen molar-refractivity contribution in [1.82, 2.24) is 19.8 Å². The highest BCUT2D eigenvalue weighted by Crippen LogP contribution is 2.36. The SMILES string of the molecule is Cc1nccc(CN2C[C@H]3[C@@H](N(C)C)CS(=O)(=O)[C@H]3C2)n1. The highest BCUT2D eigenvalue weighted by Gasteiger charge is 2.52. The molecule has 0 unspecified atom stereocenters. The van der Waals surface area contributed by atoms with Crippen molar-refractivity contribution in [2.24, 2.45) is 5.92 Å². The largest absolute Gasteiger partial charge is 0.305 e. The molecule has 3 heterocycles. The van der Waals surface area contributed by atoms with Gasteiger partial charge < -0.3 is 4.90 Å². The number of hydrogen-bond donors (Lipinski definition) is 0. The minimum atomic E-state index is -2.97. The molecule has 6 nitrogen and oxygen atoms in total. The summed E-state index contributed by atoms with van der Waals surface area (Å²) in [6.45, 7) is 4.02. The lowest BCUT2D eigenvalue weighted by atomic mass is 10.00. The first-order valence-electron chi connectivity index (χ1n) is 7.26.